The molecule has 0 unspecified atom stereocenters. The Kier molecular flexibility index (Phi) is 4.16. The number of carbonyl (C=O) groups excluding carboxylic acids is 1. The number of benzene rings is 1. The predicted molar refractivity (Wildman–Crippen MR) is 91.1 cm³/mol. The average Bonchev–Trinajstić information content (AvgIpc) is 3.08. The van der Waals surface area contributed by atoms with E-state index < -0.39 is 10.0 Å². The van der Waals surface area contributed by atoms with Gasteiger partial charge in [-0.3, -0.25) is 9.10 Å². The minimum absolute atomic E-state index is 0.0988. The lowest BCUT2D eigenvalue weighted by molar-refractivity contribution is -0.119. The maximum absolute atomic E-state index is 13.0. The maximum atomic E-state index is 13.0. The molecule has 1 aliphatic heterocycles. The van der Waals surface area contributed by atoms with Crippen molar-refractivity contribution in [2.45, 2.75) is 37.1 Å². The first-order valence-corrected chi connectivity index (χ1v) is 9.61. The summed E-state index contributed by atoms with van der Waals surface area (Å²) in [6.45, 7) is 3.71. The smallest absolute Gasteiger partial charge is 0.274 e. The molecule has 1 amide bonds. The molecule has 1 aromatic carbocycles. The van der Waals surface area contributed by atoms with Crippen molar-refractivity contribution in [3.05, 3.63) is 46.8 Å². The molecular weight excluding hydrogens is 332 g/mol. The number of hydrogen-bond donors (Lipinski definition) is 1. The van der Waals surface area contributed by atoms with Gasteiger partial charge in [-0.15, -0.1) is 11.3 Å². The number of nitrogens with zero attached hydrogens (tertiary/aromatic N) is 1. The number of anilines is 1. The van der Waals surface area contributed by atoms with E-state index in [2.05, 4.69) is 5.32 Å². The summed E-state index contributed by atoms with van der Waals surface area (Å²) in [6.07, 6.45) is 0.722. The SMILES string of the molecule is CC(=O)NCc1ccc(S(=O)(=O)N2c3ccccc3C[C@@H]2C)s1. The fourth-order valence-electron chi connectivity index (χ4n) is 2.80. The highest BCUT2D eigenvalue weighted by molar-refractivity contribution is 7.94. The van der Waals surface area contributed by atoms with Crippen LogP contribution >= 0.6 is 11.3 Å². The number of rotatable bonds is 4. The summed E-state index contributed by atoms with van der Waals surface area (Å²) >= 11 is 1.20. The van der Waals surface area contributed by atoms with E-state index in [0.717, 1.165) is 22.5 Å². The normalized spacial score (nSPS) is 17.1. The Hall–Kier alpha value is -1.86. The molecular formula is C16H18N2O3S2. The molecule has 23 heavy (non-hydrogen) atoms. The summed E-state index contributed by atoms with van der Waals surface area (Å²) in [5.41, 5.74) is 1.82. The van der Waals surface area contributed by atoms with Gasteiger partial charge >= 0.3 is 0 Å². The largest absolute Gasteiger partial charge is 0.351 e. The Balaban J connectivity index is 1.92. The third-order valence-corrected chi connectivity index (χ3v) is 7.29. The summed E-state index contributed by atoms with van der Waals surface area (Å²) in [4.78, 5) is 11.8. The molecule has 122 valence electrons. The Morgan fingerprint density at radius 2 is 2.04 bits per heavy atom. The molecule has 0 bridgehead atoms. The lowest BCUT2D eigenvalue weighted by Gasteiger charge is -2.23. The van der Waals surface area contributed by atoms with Gasteiger partial charge in [0, 0.05) is 17.8 Å². The molecule has 0 fully saturated rings. The van der Waals surface area contributed by atoms with E-state index in [1.54, 1.807) is 12.1 Å². The minimum atomic E-state index is -3.58. The lowest BCUT2D eigenvalue weighted by atomic mass is 10.1. The molecule has 0 spiro atoms. The van der Waals surface area contributed by atoms with Crippen LogP contribution in [0.1, 0.15) is 24.3 Å². The van der Waals surface area contributed by atoms with E-state index in [4.69, 9.17) is 0 Å². The molecule has 0 radical (unpaired) electrons. The molecule has 3 rings (SSSR count). The molecule has 2 aromatic rings. The molecule has 5 nitrogen and oxygen atoms in total. The molecule has 1 aliphatic rings. The maximum Gasteiger partial charge on any atom is 0.274 e. The molecule has 2 heterocycles. The van der Waals surface area contributed by atoms with Gasteiger partial charge < -0.3 is 5.32 Å². The van der Waals surface area contributed by atoms with E-state index in [0.29, 0.717) is 10.8 Å². The van der Waals surface area contributed by atoms with Gasteiger partial charge in [-0.05, 0) is 37.1 Å². The monoisotopic (exact) mass is 350 g/mol. The molecule has 1 atom stereocenters. The Morgan fingerprint density at radius 3 is 2.78 bits per heavy atom. The third-order valence-electron chi connectivity index (χ3n) is 3.81. The highest BCUT2D eigenvalue weighted by Crippen LogP contribution is 2.38. The zero-order chi connectivity index (χ0) is 16.6. The van der Waals surface area contributed by atoms with E-state index in [-0.39, 0.29) is 11.9 Å². The number of amides is 1. The van der Waals surface area contributed by atoms with E-state index >= 15 is 0 Å². The first-order chi connectivity index (χ1) is 10.9. The highest BCUT2D eigenvalue weighted by atomic mass is 32.2. The third kappa shape index (κ3) is 2.98. The van der Waals surface area contributed by atoms with Crippen LogP contribution in [0.5, 0.6) is 0 Å². The Labute approximate surface area is 140 Å². The van der Waals surface area contributed by atoms with E-state index in [1.807, 2.05) is 31.2 Å². The zero-order valence-corrected chi connectivity index (χ0v) is 14.6. The standard InChI is InChI=1S/C16H18N2O3S2/c1-11-9-13-5-3-4-6-15(13)18(11)23(20,21)16-8-7-14(22-16)10-17-12(2)19/h3-8,11H,9-10H2,1-2H3,(H,17,19)/t11-/m0/s1. The van der Waals surface area contributed by atoms with Gasteiger partial charge in [0.1, 0.15) is 4.21 Å². The van der Waals surface area contributed by atoms with E-state index in [1.165, 1.54) is 22.6 Å². The van der Waals surface area contributed by atoms with Gasteiger partial charge in [-0.25, -0.2) is 8.42 Å². The minimum Gasteiger partial charge on any atom is -0.351 e. The van der Waals surface area contributed by atoms with Crippen LogP contribution in [-0.4, -0.2) is 20.4 Å². The number of sulfonamides is 1. The second kappa shape index (κ2) is 5.98. The van der Waals surface area contributed by atoms with Crippen LogP contribution < -0.4 is 9.62 Å². The number of thiophene rings is 1. The van der Waals surface area contributed by atoms with Crippen LogP contribution in [0.15, 0.2) is 40.6 Å². The van der Waals surface area contributed by atoms with Crippen molar-refractivity contribution >= 4 is 33.0 Å². The first-order valence-electron chi connectivity index (χ1n) is 7.35. The van der Waals surface area contributed by atoms with Crippen molar-refractivity contribution in [1.82, 2.24) is 5.32 Å². The highest BCUT2D eigenvalue weighted by Gasteiger charge is 2.36. The fraction of sp³-hybridized carbons (Fsp3) is 0.312. The Morgan fingerprint density at radius 1 is 1.30 bits per heavy atom. The second-order valence-corrected chi connectivity index (χ2v) is 8.82. The number of para-hydroxylation sites is 1. The van der Waals surface area contributed by atoms with Crippen LogP contribution in [0.3, 0.4) is 0 Å². The van der Waals surface area contributed by atoms with Crippen molar-refractivity contribution in [1.29, 1.82) is 0 Å². The summed E-state index contributed by atoms with van der Waals surface area (Å²) < 4.78 is 27.8. The molecule has 7 heteroatoms. The van der Waals surface area contributed by atoms with Gasteiger partial charge in [-0.1, -0.05) is 18.2 Å². The number of fused-ring (bicyclic) bond motifs is 1. The zero-order valence-electron chi connectivity index (χ0n) is 12.9. The van der Waals surface area contributed by atoms with Crippen LogP contribution in [0, 0.1) is 0 Å². The van der Waals surface area contributed by atoms with Gasteiger partial charge in [0.2, 0.25) is 5.91 Å². The number of nitrogens with one attached hydrogen (secondary N) is 1. The molecule has 0 saturated heterocycles. The second-order valence-electron chi connectivity index (χ2n) is 5.61. The summed E-state index contributed by atoms with van der Waals surface area (Å²) in [5, 5.41) is 2.68. The number of carbonyl (C=O) groups is 1. The van der Waals surface area contributed by atoms with Crippen LogP contribution in [-0.2, 0) is 27.8 Å². The molecule has 0 aliphatic carbocycles. The van der Waals surface area contributed by atoms with Crippen LogP contribution in [0.4, 0.5) is 5.69 Å². The summed E-state index contributed by atoms with van der Waals surface area (Å²) in [6, 6.07) is 10.9. The van der Waals surface area contributed by atoms with Gasteiger partial charge in [0.05, 0.1) is 12.2 Å². The van der Waals surface area contributed by atoms with Crippen molar-refractivity contribution in [2.24, 2.45) is 0 Å². The first kappa shape index (κ1) is 16.0. The lowest BCUT2D eigenvalue weighted by Crippen LogP contribution is -2.35. The van der Waals surface area contributed by atoms with Crippen molar-refractivity contribution in [2.75, 3.05) is 4.31 Å². The van der Waals surface area contributed by atoms with Crippen molar-refractivity contribution in [3.63, 3.8) is 0 Å². The average molecular weight is 350 g/mol. The van der Waals surface area contributed by atoms with Gasteiger partial charge in [-0.2, -0.15) is 0 Å². The Bertz CT molecular complexity index is 843. The fourth-order valence-corrected chi connectivity index (χ4v) is 5.88. The quantitative estimate of drug-likeness (QED) is 0.921. The van der Waals surface area contributed by atoms with Gasteiger partial charge in [0.25, 0.3) is 10.0 Å². The summed E-state index contributed by atoms with van der Waals surface area (Å²) in [7, 11) is -3.58. The predicted octanol–water partition coefficient (Wildman–Crippen LogP) is 2.52. The topological polar surface area (TPSA) is 66.5 Å². The summed E-state index contributed by atoms with van der Waals surface area (Å²) in [5.74, 6) is -0.134. The van der Waals surface area contributed by atoms with Crippen LogP contribution in [0.2, 0.25) is 0 Å². The number of hydrogen-bond acceptors (Lipinski definition) is 4. The van der Waals surface area contributed by atoms with Crippen molar-refractivity contribution in [3.8, 4) is 0 Å². The van der Waals surface area contributed by atoms with Crippen LogP contribution in [0.25, 0.3) is 0 Å². The molecule has 1 aromatic heterocycles. The molecule has 1 N–H and O–H groups in total. The van der Waals surface area contributed by atoms with Crippen molar-refractivity contribution < 1.29 is 13.2 Å². The van der Waals surface area contributed by atoms with E-state index in [9.17, 15) is 13.2 Å². The van der Waals surface area contributed by atoms with Gasteiger partial charge in [0.15, 0.2) is 0 Å². The molecule has 0 saturated carbocycles.